The fourth-order valence-corrected chi connectivity index (χ4v) is 4.13. The van der Waals surface area contributed by atoms with E-state index < -0.39 is 29.8 Å². The maximum atomic E-state index is 11.3. The second-order valence-electron chi connectivity index (χ2n) is 11.3. The molecule has 3 amide bonds. The van der Waals surface area contributed by atoms with Gasteiger partial charge in [0, 0.05) is 61.1 Å². The molecule has 57 heavy (non-hydrogen) atoms. The number of aliphatic carboxylic acids is 2. The molecule has 2 aliphatic rings. The van der Waals surface area contributed by atoms with Crippen molar-refractivity contribution in [2.24, 2.45) is 5.73 Å². The van der Waals surface area contributed by atoms with E-state index in [9.17, 15) is 33.6 Å². The summed E-state index contributed by atoms with van der Waals surface area (Å²) in [6.07, 6.45) is 8.58. The second-order valence-corrected chi connectivity index (χ2v) is 11.3. The van der Waals surface area contributed by atoms with E-state index in [1.165, 1.54) is 29.5 Å². The minimum atomic E-state index is -1.15. The number of aromatic hydroxyl groups is 2. The van der Waals surface area contributed by atoms with E-state index >= 15 is 0 Å². The molecular formula is C40H42N3NaO13. The molecule has 0 bridgehead atoms. The van der Waals surface area contributed by atoms with E-state index in [0.29, 0.717) is 43.8 Å². The number of rotatable bonds is 11. The normalized spacial score (nSPS) is 11.9. The number of carbonyl (C=O) groups is 8. The van der Waals surface area contributed by atoms with Crippen molar-refractivity contribution in [2.45, 2.75) is 33.1 Å². The Morgan fingerprint density at radius 1 is 0.702 bits per heavy atom. The topological polar surface area (TPSA) is 271 Å². The Balaban J connectivity index is 0.000000740. The zero-order valence-corrected chi connectivity index (χ0v) is 33.6. The molecule has 3 aromatic rings. The summed E-state index contributed by atoms with van der Waals surface area (Å²) in [6, 6.07) is 20.9. The number of carboxylic acid groups (broad SMARTS) is 2. The van der Waals surface area contributed by atoms with Gasteiger partial charge in [0.2, 0.25) is 5.91 Å². The molecule has 0 unspecified atom stereocenters. The zero-order chi connectivity index (χ0) is 42.0. The number of nitrogens with zero attached hydrogens (tertiary/aromatic N) is 1. The predicted molar refractivity (Wildman–Crippen MR) is 199 cm³/mol. The number of nitrogens with one attached hydrogen (secondary N) is 1. The first-order valence-electron chi connectivity index (χ1n) is 16.7. The van der Waals surface area contributed by atoms with Crippen molar-refractivity contribution in [1.29, 1.82) is 0 Å². The third-order valence-electron chi connectivity index (χ3n) is 6.84. The number of benzene rings is 3. The van der Waals surface area contributed by atoms with Gasteiger partial charge in [0.25, 0.3) is 11.8 Å². The van der Waals surface area contributed by atoms with Crippen LogP contribution < -0.4 is 45.7 Å². The number of amides is 3. The number of ketones is 1. The molecule has 2 aliphatic heterocycles. The van der Waals surface area contributed by atoms with E-state index in [4.69, 9.17) is 31.0 Å². The predicted octanol–water partition coefficient (Wildman–Crippen LogP) is -1.67. The van der Waals surface area contributed by atoms with Crippen LogP contribution in [-0.4, -0.2) is 87.2 Å². The van der Waals surface area contributed by atoms with Crippen LogP contribution in [0.15, 0.2) is 109 Å². The average molecular weight is 796 g/mol. The van der Waals surface area contributed by atoms with Gasteiger partial charge >= 0.3 is 47.5 Å². The molecule has 5 rings (SSSR count). The molecule has 0 fully saturated rings. The smallest absolute Gasteiger partial charge is 0.550 e. The summed E-state index contributed by atoms with van der Waals surface area (Å²) in [7, 11) is 0. The molecule has 0 aliphatic carbocycles. The van der Waals surface area contributed by atoms with Gasteiger partial charge in [-0.25, -0.2) is 14.4 Å². The van der Waals surface area contributed by atoms with Gasteiger partial charge in [-0.05, 0) is 80.6 Å². The number of phenols is 2. The van der Waals surface area contributed by atoms with Gasteiger partial charge in [-0.15, -0.1) is 0 Å². The number of Topliss-reactive ketones (excluding diaryl/α,β-unsaturated/α-hetero) is 1. The number of carboxylic acids is 2. The third-order valence-corrected chi connectivity index (χ3v) is 6.84. The van der Waals surface area contributed by atoms with Crippen LogP contribution >= 0.6 is 0 Å². The number of cyclic esters (lactones) is 2. The molecule has 296 valence electrons. The van der Waals surface area contributed by atoms with Gasteiger partial charge in [-0.1, -0.05) is 48.5 Å². The number of imide groups is 1. The minimum absolute atomic E-state index is 0. The third kappa shape index (κ3) is 24.0. The number of hydrogen-bond acceptors (Lipinski definition) is 13. The Labute approximate surface area is 350 Å². The maximum Gasteiger partial charge on any atom is 1.00 e. The van der Waals surface area contributed by atoms with Crippen molar-refractivity contribution in [2.75, 3.05) is 19.6 Å². The Morgan fingerprint density at radius 3 is 1.51 bits per heavy atom. The molecule has 0 spiro atoms. The molecule has 17 heteroatoms. The van der Waals surface area contributed by atoms with E-state index in [-0.39, 0.29) is 52.9 Å². The maximum absolute atomic E-state index is 11.3. The first-order valence-corrected chi connectivity index (χ1v) is 16.7. The molecule has 2 heterocycles. The number of esters is 2. The number of ether oxygens (including phenoxy) is 1. The Hall–Kier alpha value is -6.20. The summed E-state index contributed by atoms with van der Waals surface area (Å²) < 4.78 is 3.97. The largest absolute Gasteiger partial charge is 1.00 e. The van der Waals surface area contributed by atoms with Crippen molar-refractivity contribution in [3.63, 3.8) is 0 Å². The second kappa shape index (κ2) is 28.2. The van der Waals surface area contributed by atoms with Gasteiger partial charge in [0.05, 0.1) is 0 Å². The van der Waals surface area contributed by atoms with Gasteiger partial charge < -0.3 is 41.0 Å². The number of nitrogens with two attached hydrogens (primary N) is 1. The van der Waals surface area contributed by atoms with E-state index in [2.05, 4.69) is 10.1 Å². The molecule has 0 saturated carbocycles. The van der Waals surface area contributed by atoms with Crippen LogP contribution in [0.25, 0.3) is 0 Å². The van der Waals surface area contributed by atoms with Gasteiger partial charge in [-0.2, -0.15) is 0 Å². The summed E-state index contributed by atoms with van der Waals surface area (Å²) in [6.45, 7) is 3.92. The Kier molecular flexibility index (Phi) is 25.2. The first-order chi connectivity index (χ1) is 26.5. The van der Waals surface area contributed by atoms with Crippen LogP contribution in [0.1, 0.15) is 40.9 Å². The minimum Gasteiger partial charge on any atom is -0.550 e. The summed E-state index contributed by atoms with van der Waals surface area (Å²) >= 11 is 0. The molecule has 0 aromatic heterocycles. The fraction of sp³-hybridized carbons (Fsp3) is 0.200. The van der Waals surface area contributed by atoms with Crippen molar-refractivity contribution in [3.8, 4) is 11.5 Å². The van der Waals surface area contributed by atoms with Gasteiger partial charge in [0.15, 0.2) is 5.78 Å². The van der Waals surface area contributed by atoms with Gasteiger partial charge in [0.1, 0.15) is 11.5 Å². The van der Waals surface area contributed by atoms with E-state index in [1.807, 2.05) is 24.3 Å². The van der Waals surface area contributed by atoms with Crippen LogP contribution in [0.3, 0.4) is 0 Å². The van der Waals surface area contributed by atoms with Crippen LogP contribution in [0, 0.1) is 0 Å². The summed E-state index contributed by atoms with van der Waals surface area (Å²) in [5, 5.41) is 37.7. The molecular weight excluding hydrogens is 753 g/mol. The van der Waals surface area contributed by atoms with Crippen LogP contribution in [-0.2, 0) is 57.6 Å². The van der Waals surface area contributed by atoms with Crippen molar-refractivity contribution in [3.05, 3.63) is 132 Å². The van der Waals surface area contributed by atoms with E-state index in [1.54, 1.807) is 48.5 Å². The summed E-state index contributed by atoms with van der Waals surface area (Å²) in [4.78, 5) is 84.9. The van der Waals surface area contributed by atoms with Crippen molar-refractivity contribution < 1.29 is 93.1 Å². The SMILES string of the molecule is CC(=O)[O-].CC(=O)c1ccc(CCN2C(=O)C=CC2=O)cc1.NCCc1ccc(O)cc1.O=C(O)/C=C\C(=O)NCCc1ccc(O)cc1.O=C1C=CC(=O)O1.[Na+]. The first kappa shape index (κ1) is 50.8. The molecule has 3 aromatic carbocycles. The Morgan fingerprint density at radius 2 is 1.12 bits per heavy atom. The molecule has 6 N–H and O–H groups in total. The van der Waals surface area contributed by atoms with Crippen molar-refractivity contribution >= 4 is 47.4 Å². The van der Waals surface area contributed by atoms with Crippen LogP contribution in [0.4, 0.5) is 0 Å². The zero-order valence-electron chi connectivity index (χ0n) is 31.6. The monoisotopic (exact) mass is 795 g/mol. The molecule has 0 saturated heterocycles. The number of phenolic OH excluding ortho intramolecular Hbond substituents is 2. The van der Waals surface area contributed by atoms with Gasteiger partial charge in [-0.3, -0.25) is 24.1 Å². The molecule has 16 nitrogen and oxygen atoms in total. The Bertz CT molecular complexity index is 1870. The molecule has 0 radical (unpaired) electrons. The number of hydrogen-bond donors (Lipinski definition) is 5. The summed E-state index contributed by atoms with van der Waals surface area (Å²) in [5.41, 5.74) is 9.13. The average Bonchev–Trinajstić information content (AvgIpc) is 3.69. The van der Waals surface area contributed by atoms with Crippen LogP contribution in [0.2, 0.25) is 0 Å². The van der Waals surface area contributed by atoms with Crippen LogP contribution in [0.5, 0.6) is 11.5 Å². The van der Waals surface area contributed by atoms with E-state index in [0.717, 1.165) is 48.8 Å². The van der Waals surface area contributed by atoms with Crippen molar-refractivity contribution in [1.82, 2.24) is 10.2 Å². The summed E-state index contributed by atoms with van der Waals surface area (Å²) in [5.74, 6) is -3.83. The quantitative estimate of drug-likeness (QED) is 0.0363. The number of carbonyl (C=O) groups excluding carboxylic acids is 7. The standard InChI is InChI=1S/C14H13NO3.C12H13NO4.C8H11NO.C4H2O3.C2H4O2.Na/c1-10(16)12-4-2-11(3-5-12)8-9-15-13(17)6-7-14(15)18;14-10-3-1-9(2-4-10)7-8-13-11(15)5-6-12(16)17;9-6-5-7-1-3-8(10)4-2-7;5-3-1-2-4(6)7-3;1-2(3)4;/h2-7H,8-9H2,1H3;1-6,14H,7-8H2,(H,13,15)(H,16,17);1-4,10H,5-6,9H2;1-2H;1H3,(H,3,4);/q;;;;;+1/p-1/b;6-5-;;;;. The fourth-order valence-electron chi connectivity index (χ4n) is 4.13. The molecule has 0 atom stereocenters.